The largest absolute Gasteiger partial charge is 0.401 e. The van der Waals surface area contributed by atoms with Crippen LogP contribution in [0.5, 0.6) is 0 Å². The Hall–Kier alpha value is -1.53. The fourth-order valence-corrected chi connectivity index (χ4v) is 3.38. The van der Waals surface area contributed by atoms with E-state index in [0.717, 1.165) is 29.6 Å². The number of halogens is 3. The summed E-state index contributed by atoms with van der Waals surface area (Å²) >= 11 is 0. The maximum Gasteiger partial charge on any atom is 0.401 e. The highest BCUT2D eigenvalue weighted by Crippen LogP contribution is 2.30. The van der Waals surface area contributed by atoms with E-state index in [1.165, 1.54) is 11.1 Å². The zero-order chi connectivity index (χ0) is 16.8. The van der Waals surface area contributed by atoms with Crippen LogP contribution in [0.15, 0.2) is 18.3 Å². The van der Waals surface area contributed by atoms with Gasteiger partial charge in [0.15, 0.2) is 0 Å². The number of alkyl halides is 3. The molecule has 0 radical (unpaired) electrons. The van der Waals surface area contributed by atoms with Gasteiger partial charge in [-0.25, -0.2) is 0 Å². The van der Waals surface area contributed by atoms with Gasteiger partial charge in [0.25, 0.3) is 0 Å². The molecule has 0 fully saturated rings. The fraction of sp³-hybridized carbons (Fsp3) is 0.529. The summed E-state index contributed by atoms with van der Waals surface area (Å²) < 4.78 is 39.1. The number of aromatic nitrogens is 1. The van der Waals surface area contributed by atoms with Crippen molar-refractivity contribution in [3.63, 3.8) is 0 Å². The van der Waals surface area contributed by atoms with Crippen LogP contribution in [-0.4, -0.2) is 35.3 Å². The average Bonchev–Trinajstić information content (AvgIpc) is 2.93. The lowest BCUT2D eigenvalue weighted by molar-refractivity contribution is -0.126. The fourth-order valence-electron chi connectivity index (χ4n) is 3.38. The second-order valence-electron chi connectivity index (χ2n) is 6.68. The highest BCUT2D eigenvalue weighted by atomic mass is 19.4. The summed E-state index contributed by atoms with van der Waals surface area (Å²) in [5.41, 5.74) is 4.92. The quantitative estimate of drug-likeness (QED) is 0.931. The topological polar surface area (TPSA) is 20.2 Å². The Labute approximate surface area is 134 Å². The summed E-state index contributed by atoms with van der Waals surface area (Å²) in [6, 6.07) is 4.20. The second kappa shape index (κ2) is 5.83. The molecule has 1 aliphatic heterocycles. The predicted molar refractivity (Wildman–Crippen MR) is 85.3 cm³/mol. The highest BCUT2D eigenvalue weighted by molar-refractivity contribution is 5.86. The zero-order valence-electron chi connectivity index (χ0n) is 13.7. The van der Waals surface area contributed by atoms with E-state index in [-0.39, 0.29) is 6.04 Å². The van der Waals surface area contributed by atoms with E-state index in [2.05, 4.69) is 34.0 Å². The van der Waals surface area contributed by atoms with Gasteiger partial charge >= 0.3 is 6.18 Å². The monoisotopic (exact) mass is 325 g/mol. The third-order valence-electron chi connectivity index (χ3n) is 4.45. The Balaban J connectivity index is 1.83. The first-order valence-electron chi connectivity index (χ1n) is 7.81. The van der Waals surface area contributed by atoms with Crippen LogP contribution in [0.4, 0.5) is 13.2 Å². The highest BCUT2D eigenvalue weighted by Gasteiger charge is 2.27. The summed E-state index contributed by atoms with van der Waals surface area (Å²) in [7, 11) is 4.08. The van der Waals surface area contributed by atoms with Gasteiger partial charge in [0, 0.05) is 43.3 Å². The van der Waals surface area contributed by atoms with E-state index in [1.54, 1.807) is 6.92 Å². The van der Waals surface area contributed by atoms with E-state index >= 15 is 0 Å². The number of nitrogens with one attached hydrogen (secondary N) is 1. The van der Waals surface area contributed by atoms with Crippen LogP contribution in [0.3, 0.4) is 0 Å². The third kappa shape index (κ3) is 3.53. The van der Waals surface area contributed by atoms with E-state index in [9.17, 15) is 13.2 Å². The van der Waals surface area contributed by atoms with Gasteiger partial charge in [0.05, 0.1) is 6.54 Å². The molecule has 126 valence electrons. The van der Waals surface area contributed by atoms with Gasteiger partial charge in [-0.1, -0.05) is 0 Å². The van der Waals surface area contributed by atoms with Crippen LogP contribution in [0.25, 0.3) is 10.9 Å². The van der Waals surface area contributed by atoms with Crippen molar-refractivity contribution in [3.05, 3.63) is 35.0 Å². The number of hydrogen-bond acceptors (Lipinski definition) is 2. The molecule has 6 heteroatoms. The molecular weight excluding hydrogens is 303 g/mol. The lowest BCUT2D eigenvalue weighted by atomic mass is 10.0. The molecule has 3 nitrogen and oxygen atoms in total. The zero-order valence-corrected chi connectivity index (χ0v) is 13.7. The Kier molecular flexibility index (Phi) is 4.14. The van der Waals surface area contributed by atoms with Crippen molar-refractivity contribution in [1.29, 1.82) is 0 Å². The van der Waals surface area contributed by atoms with E-state index in [0.29, 0.717) is 6.42 Å². The molecule has 1 aromatic heterocycles. The number of hydrogen-bond donors (Lipinski definition) is 1. The van der Waals surface area contributed by atoms with Crippen molar-refractivity contribution in [2.24, 2.45) is 7.05 Å². The summed E-state index contributed by atoms with van der Waals surface area (Å²) in [4.78, 5) is 2.26. The molecule has 0 aliphatic carbocycles. The van der Waals surface area contributed by atoms with E-state index < -0.39 is 12.7 Å². The minimum atomic E-state index is -4.17. The first-order valence-corrected chi connectivity index (χ1v) is 7.81. The molecule has 0 spiro atoms. The number of aryl methyl sites for hydroxylation is 1. The Bertz CT molecular complexity index is 718. The lowest BCUT2D eigenvalue weighted by Crippen LogP contribution is -2.36. The molecule has 1 unspecified atom stereocenters. The van der Waals surface area contributed by atoms with Gasteiger partial charge in [0.2, 0.25) is 0 Å². The summed E-state index contributed by atoms with van der Waals surface area (Å²) in [6.07, 6.45) is -1.55. The molecule has 2 aromatic rings. The minimum Gasteiger partial charge on any atom is -0.350 e. The van der Waals surface area contributed by atoms with Crippen LogP contribution >= 0.6 is 0 Å². The summed E-state index contributed by atoms with van der Waals surface area (Å²) in [6.45, 7) is 2.74. The molecule has 0 amide bonds. The van der Waals surface area contributed by atoms with Crippen LogP contribution in [0, 0.1) is 0 Å². The van der Waals surface area contributed by atoms with Gasteiger partial charge in [-0.3, -0.25) is 4.90 Å². The first-order chi connectivity index (χ1) is 10.7. The first kappa shape index (κ1) is 16.3. The van der Waals surface area contributed by atoms with Gasteiger partial charge in [-0.2, -0.15) is 13.2 Å². The van der Waals surface area contributed by atoms with E-state index in [1.807, 2.05) is 13.2 Å². The Morgan fingerprint density at radius 3 is 2.48 bits per heavy atom. The number of benzene rings is 1. The second-order valence-corrected chi connectivity index (χ2v) is 6.68. The van der Waals surface area contributed by atoms with Crippen molar-refractivity contribution >= 4 is 10.9 Å². The molecular formula is C17H22F3N3. The predicted octanol–water partition coefficient (Wildman–Crippen LogP) is 3.21. The molecule has 1 aliphatic rings. The molecule has 1 atom stereocenters. The van der Waals surface area contributed by atoms with Gasteiger partial charge < -0.3 is 9.88 Å². The molecule has 0 saturated carbocycles. The summed E-state index contributed by atoms with van der Waals surface area (Å²) in [5, 5.41) is 3.72. The van der Waals surface area contributed by atoms with Crippen molar-refractivity contribution < 1.29 is 13.2 Å². The standard InChI is InChI=1S/C17H22F3N3/c1-11(21-10-17(18,19)20)4-14-9-23(3)16-6-13-8-22(2)7-12(13)5-15(14)16/h5-6,9,11,21H,4,7-8,10H2,1-3H3. The lowest BCUT2D eigenvalue weighted by Gasteiger charge is -2.15. The van der Waals surface area contributed by atoms with Crippen LogP contribution in [-0.2, 0) is 26.6 Å². The number of nitrogens with zero attached hydrogens (tertiary/aromatic N) is 2. The van der Waals surface area contributed by atoms with Crippen molar-refractivity contribution in [3.8, 4) is 0 Å². The molecule has 1 aromatic carbocycles. The number of fused-ring (bicyclic) bond motifs is 2. The maximum absolute atomic E-state index is 12.3. The molecule has 0 bridgehead atoms. The van der Waals surface area contributed by atoms with Crippen molar-refractivity contribution in [1.82, 2.24) is 14.8 Å². The Morgan fingerprint density at radius 2 is 1.83 bits per heavy atom. The molecule has 3 rings (SSSR count). The molecule has 0 saturated heterocycles. The number of rotatable bonds is 4. The van der Waals surface area contributed by atoms with Crippen molar-refractivity contribution in [2.75, 3.05) is 13.6 Å². The normalized spacial score (nSPS) is 17.0. The SMILES string of the molecule is CC(Cc1cn(C)c2cc3c(cc12)CN(C)C3)NCC(F)(F)F. The van der Waals surface area contributed by atoms with Gasteiger partial charge in [-0.05, 0) is 49.2 Å². The third-order valence-corrected chi connectivity index (χ3v) is 4.45. The Morgan fingerprint density at radius 1 is 1.17 bits per heavy atom. The van der Waals surface area contributed by atoms with Gasteiger partial charge in [-0.15, -0.1) is 0 Å². The molecule has 1 N–H and O–H groups in total. The van der Waals surface area contributed by atoms with E-state index in [4.69, 9.17) is 0 Å². The smallest absolute Gasteiger partial charge is 0.350 e. The molecule has 23 heavy (non-hydrogen) atoms. The molecule has 2 heterocycles. The average molecular weight is 325 g/mol. The maximum atomic E-state index is 12.3. The van der Waals surface area contributed by atoms with Crippen LogP contribution in [0.1, 0.15) is 23.6 Å². The van der Waals surface area contributed by atoms with Gasteiger partial charge in [0.1, 0.15) is 0 Å². The van der Waals surface area contributed by atoms with Crippen LogP contribution < -0.4 is 5.32 Å². The minimum absolute atomic E-state index is 0.224. The van der Waals surface area contributed by atoms with Crippen molar-refractivity contribution in [2.45, 2.75) is 38.7 Å². The van der Waals surface area contributed by atoms with Crippen LogP contribution in [0.2, 0.25) is 0 Å². The summed E-state index contributed by atoms with van der Waals surface area (Å²) in [5.74, 6) is 0.